The molecule has 0 atom stereocenters. The monoisotopic (exact) mass is 384 g/mol. The topological polar surface area (TPSA) is 54.7 Å². The van der Waals surface area contributed by atoms with Gasteiger partial charge in [0.25, 0.3) is 0 Å². The van der Waals surface area contributed by atoms with E-state index in [1.807, 2.05) is 59.0 Å². The molecule has 6 nitrogen and oxygen atoms in total. The van der Waals surface area contributed by atoms with Crippen molar-refractivity contribution in [3.8, 4) is 5.75 Å². The molecule has 0 saturated carbocycles. The van der Waals surface area contributed by atoms with Crippen molar-refractivity contribution in [1.82, 2.24) is 9.78 Å². The van der Waals surface area contributed by atoms with Gasteiger partial charge in [0.05, 0.1) is 30.1 Å². The van der Waals surface area contributed by atoms with E-state index < -0.39 is 18.3 Å². The first-order valence-corrected chi connectivity index (χ1v) is 9.53. The average molecular weight is 384 g/mol. The third kappa shape index (κ3) is 4.16. The van der Waals surface area contributed by atoms with Gasteiger partial charge in [-0.25, -0.2) is 0 Å². The second-order valence-electron chi connectivity index (χ2n) is 7.90. The van der Waals surface area contributed by atoms with Crippen LogP contribution in [0, 0.1) is 0 Å². The van der Waals surface area contributed by atoms with Gasteiger partial charge in [-0.05, 0) is 33.8 Å². The molecule has 0 aliphatic carbocycles. The SMILES string of the molecule is C=Cc1ccccc1OCCOCc1c(B2OC(C)(C)C(C)(C)O2)cnn1C. The molecule has 1 aromatic heterocycles. The Kier molecular flexibility index (Phi) is 5.98. The quantitative estimate of drug-likeness (QED) is 0.518. The zero-order valence-corrected chi connectivity index (χ0v) is 17.4. The molecule has 150 valence electrons. The molecule has 1 fully saturated rings. The number of nitrogens with zero attached hydrogens (tertiary/aromatic N) is 2. The molecule has 1 aliphatic rings. The maximum atomic E-state index is 6.15. The number of hydrogen-bond donors (Lipinski definition) is 0. The lowest BCUT2D eigenvalue weighted by Crippen LogP contribution is -2.41. The number of benzene rings is 1. The van der Waals surface area contributed by atoms with Crippen LogP contribution in [0.2, 0.25) is 0 Å². The van der Waals surface area contributed by atoms with Crippen molar-refractivity contribution >= 4 is 18.7 Å². The van der Waals surface area contributed by atoms with Crippen LogP contribution in [0.1, 0.15) is 39.0 Å². The maximum Gasteiger partial charge on any atom is 0.498 e. The molecule has 0 amide bonds. The molecular weight excluding hydrogens is 355 g/mol. The van der Waals surface area contributed by atoms with Crippen LogP contribution in [0.3, 0.4) is 0 Å². The summed E-state index contributed by atoms with van der Waals surface area (Å²) in [4.78, 5) is 0. The Morgan fingerprint density at radius 1 is 1.14 bits per heavy atom. The highest BCUT2D eigenvalue weighted by atomic mass is 16.7. The summed E-state index contributed by atoms with van der Waals surface area (Å²) in [6, 6.07) is 7.79. The fraction of sp³-hybridized carbons (Fsp3) is 0.476. The van der Waals surface area contributed by atoms with E-state index in [1.165, 1.54) is 0 Å². The molecule has 7 heteroatoms. The first-order valence-electron chi connectivity index (χ1n) is 9.53. The summed E-state index contributed by atoms with van der Waals surface area (Å²) in [5.74, 6) is 0.805. The fourth-order valence-electron chi connectivity index (χ4n) is 2.98. The van der Waals surface area contributed by atoms with Gasteiger partial charge in [0, 0.05) is 24.3 Å². The Labute approximate surface area is 167 Å². The van der Waals surface area contributed by atoms with Crippen molar-refractivity contribution < 1.29 is 18.8 Å². The third-order valence-corrected chi connectivity index (χ3v) is 5.46. The summed E-state index contributed by atoms with van der Waals surface area (Å²) in [6.07, 6.45) is 3.57. The molecule has 3 rings (SSSR count). The van der Waals surface area contributed by atoms with Gasteiger partial charge in [-0.1, -0.05) is 30.9 Å². The molecule has 0 unspecified atom stereocenters. The van der Waals surface area contributed by atoms with E-state index in [1.54, 1.807) is 17.0 Å². The van der Waals surface area contributed by atoms with Crippen LogP contribution in [-0.4, -0.2) is 41.3 Å². The predicted octanol–water partition coefficient (Wildman–Crippen LogP) is 2.96. The van der Waals surface area contributed by atoms with Crippen LogP contribution in [0.25, 0.3) is 6.08 Å². The summed E-state index contributed by atoms with van der Waals surface area (Å²) in [5, 5.41) is 4.36. The van der Waals surface area contributed by atoms with Gasteiger partial charge in [0.2, 0.25) is 0 Å². The van der Waals surface area contributed by atoms with Crippen molar-refractivity contribution in [3.05, 3.63) is 48.3 Å². The van der Waals surface area contributed by atoms with Gasteiger partial charge in [0.15, 0.2) is 0 Å². The van der Waals surface area contributed by atoms with Crippen molar-refractivity contribution in [2.75, 3.05) is 13.2 Å². The number of para-hydroxylation sites is 1. The van der Waals surface area contributed by atoms with Gasteiger partial charge in [-0.3, -0.25) is 4.68 Å². The number of rotatable bonds is 8. The minimum absolute atomic E-state index is 0.391. The highest BCUT2D eigenvalue weighted by Crippen LogP contribution is 2.36. The first-order chi connectivity index (χ1) is 13.2. The molecule has 2 heterocycles. The summed E-state index contributed by atoms with van der Waals surface area (Å²) >= 11 is 0. The Bertz CT molecular complexity index is 816. The lowest BCUT2D eigenvalue weighted by molar-refractivity contribution is 0.00578. The maximum absolute atomic E-state index is 6.15. The van der Waals surface area contributed by atoms with Crippen LogP contribution in [-0.2, 0) is 27.7 Å². The molecular formula is C21H29BN2O4. The van der Waals surface area contributed by atoms with Gasteiger partial charge in [-0.15, -0.1) is 0 Å². The highest BCUT2D eigenvalue weighted by Gasteiger charge is 2.52. The van der Waals surface area contributed by atoms with Gasteiger partial charge >= 0.3 is 7.12 Å². The van der Waals surface area contributed by atoms with Gasteiger partial charge in [-0.2, -0.15) is 5.10 Å². The highest BCUT2D eigenvalue weighted by molar-refractivity contribution is 6.62. The molecule has 1 saturated heterocycles. The lowest BCUT2D eigenvalue weighted by Gasteiger charge is -2.32. The molecule has 0 bridgehead atoms. The minimum atomic E-state index is -0.451. The lowest BCUT2D eigenvalue weighted by atomic mass is 9.79. The summed E-state index contributed by atoms with van der Waals surface area (Å²) in [6.45, 7) is 13.3. The molecule has 2 aromatic rings. The van der Waals surface area contributed by atoms with Crippen molar-refractivity contribution in [2.45, 2.75) is 45.5 Å². The van der Waals surface area contributed by atoms with Crippen molar-refractivity contribution in [3.63, 3.8) is 0 Å². The van der Waals surface area contributed by atoms with Crippen molar-refractivity contribution in [2.24, 2.45) is 7.05 Å². The van der Waals surface area contributed by atoms with Crippen LogP contribution in [0.4, 0.5) is 0 Å². The second-order valence-corrected chi connectivity index (χ2v) is 7.90. The Morgan fingerprint density at radius 2 is 1.82 bits per heavy atom. The summed E-state index contributed by atoms with van der Waals surface area (Å²) in [5.41, 5.74) is 2.02. The standard InChI is InChI=1S/C21H29BN2O4/c1-7-16-10-8-9-11-19(16)26-13-12-25-15-18-17(14-23-24(18)6)22-27-20(2,3)21(4,5)28-22/h7-11,14H,1,12-13,15H2,2-6H3. The summed E-state index contributed by atoms with van der Waals surface area (Å²) < 4.78 is 25.7. The van der Waals surface area contributed by atoms with E-state index in [4.69, 9.17) is 18.8 Å². The first kappa shape index (κ1) is 20.6. The second kappa shape index (κ2) is 8.11. The third-order valence-electron chi connectivity index (χ3n) is 5.46. The van der Waals surface area contributed by atoms with E-state index in [-0.39, 0.29) is 0 Å². The van der Waals surface area contributed by atoms with Gasteiger partial charge in [0.1, 0.15) is 12.4 Å². The van der Waals surface area contributed by atoms with Gasteiger partial charge < -0.3 is 18.8 Å². The number of aryl methyl sites for hydroxylation is 1. The molecule has 1 aliphatic heterocycles. The zero-order valence-electron chi connectivity index (χ0n) is 17.4. The van der Waals surface area contributed by atoms with Crippen LogP contribution in [0.15, 0.2) is 37.0 Å². The molecule has 0 spiro atoms. The average Bonchev–Trinajstić information content (AvgIpc) is 3.11. The predicted molar refractivity (Wildman–Crippen MR) is 111 cm³/mol. The number of aromatic nitrogens is 2. The Morgan fingerprint density at radius 3 is 2.50 bits per heavy atom. The fourth-order valence-corrected chi connectivity index (χ4v) is 2.98. The van der Waals surface area contributed by atoms with Crippen LogP contribution in [0.5, 0.6) is 5.75 Å². The molecule has 28 heavy (non-hydrogen) atoms. The normalized spacial score (nSPS) is 17.7. The van der Waals surface area contributed by atoms with E-state index in [0.717, 1.165) is 22.5 Å². The zero-order chi connectivity index (χ0) is 20.4. The molecule has 0 radical (unpaired) electrons. The number of ether oxygens (including phenoxy) is 2. The van der Waals surface area contributed by atoms with E-state index >= 15 is 0 Å². The largest absolute Gasteiger partial charge is 0.498 e. The van der Waals surface area contributed by atoms with E-state index in [9.17, 15) is 0 Å². The Balaban J connectivity index is 1.56. The van der Waals surface area contributed by atoms with Crippen molar-refractivity contribution in [1.29, 1.82) is 0 Å². The summed E-state index contributed by atoms with van der Waals surface area (Å²) in [7, 11) is 1.44. The van der Waals surface area contributed by atoms with E-state index in [0.29, 0.717) is 19.8 Å². The molecule has 0 N–H and O–H groups in total. The molecule has 1 aromatic carbocycles. The Hall–Kier alpha value is -2.09. The van der Waals surface area contributed by atoms with Crippen LogP contribution < -0.4 is 10.2 Å². The number of hydrogen-bond acceptors (Lipinski definition) is 5. The van der Waals surface area contributed by atoms with Crippen LogP contribution >= 0.6 is 0 Å². The van der Waals surface area contributed by atoms with E-state index in [2.05, 4.69) is 11.7 Å². The minimum Gasteiger partial charge on any atom is -0.491 e. The smallest absolute Gasteiger partial charge is 0.491 e.